The van der Waals surface area contributed by atoms with Gasteiger partial charge >= 0.3 is 0 Å². The van der Waals surface area contributed by atoms with Crippen LogP contribution in [0.25, 0.3) is 0 Å². The molecule has 2 rings (SSSR count). The molecule has 2 aromatic rings. The minimum atomic E-state index is 0.0559. The van der Waals surface area contributed by atoms with E-state index < -0.39 is 0 Å². The van der Waals surface area contributed by atoms with E-state index >= 15 is 0 Å². The lowest BCUT2D eigenvalue weighted by Gasteiger charge is -2.05. The van der Waals surface area contributed by atoms with Crippen LogP contribution in [0.2, 0.25) is 0 Å². The van der Waals surface area contributed by atoms with Gasteiger partial charge in [0.1, 0.15) is 12.2 Å². The molecule has 0 fully saturated rings. The van der Waals surface area contributed by atoms with Gasteiger partial charge in [-0.2, -0.15) is 5.10 Å². The highest BCUT2D eigenvalue weighted by molar-refractivity contribution is 5.98. The van der Waals surface area contributed by atoms with Crippen LogP contribution in [0.15, 0.2) is 24.8 Å². The van der Waals surface area contributed by atoms with Crippen LogP contribution in [-0.4, -0.2) is 25.5 Å². The van der Waals surface area contributed by atoms with Gasteiger partial charge in [-0.25, -0.2) is 4.98 Å². The zero-order chi connectivity index (χ0) is 12.3. The van der Waals surface area contributed by atoms with Crippen LogP contribution in [0.1, 0.15) is 28.7 Å². The fourth-order valence-electron chi connectivity index (χ4n) is 1.70. The first kappa shape index (κ1) is 11.4. The maximum atomic E-state index is 12.1. The Morgan fingerprint density at radius 2 is 2.29 bits per heavy atom. The number of rotatable bonds is 4. The summed E-state index contributed by atoms with van der Waals surface area (Å²) in [5.74, 6) is 0.731. The number of aromatic nitrogens is 4. The van der Waals surface area contributed by atoms with Gasteiger partial charge in [-0.3, -0.25) is 14.5 Å². The van der Waals surface area contributed by atoms with Crippen LogP contribution in [0.4, 0.5) is 0 Å². The molecule has 0 spiro atoms. The average Bonchev–Trinajstić information content (AvgIpc) is 2.75. The van der Waals surface area contributed by atoms with Crippen LogP contribution in [0.3, 0.4) is 0 Å². The van der Waals surface area contributed by atoms with E-state index in [-0.39, 0.29) is 12.2 Å². The topological polar surface area (TPSA) is 60.7 Å². The van der Waals surface area contributed by atoms with Crippen molar-refractivity contribution in [1.82, 2.24) is 19.7 Å². The molecule has 0 unspecified atom stereocenters. The van der Waals surface area contributed by atoms with E-state index in [1.54, 1.807) is 30.2 Å². The summed E-state index contributed by atoms with van der Waals surface area (Å²) in [5, 5.41) is 3.95. The number of ketones is 1. The lowest BCUT2D eigenvalue weighted by atomic mass is 10.0. The van der Waals surface area contributed by atoms with Crippen LogP contribution >= 0.6 is 0 Å². The van der Waals surface area contributed by atoms with Gasteiger partial charge in [0.2, 0.25) is 0 Å². The summed E-state index contributed by atoms with van der Waals surface area (Å²) in [5.41, 5.74) is 1.70. The van der Waals surface area contributed by atoms with E-state index in [1.807, 2.05) is 6.92 Å². The number of hydrogen-bond donors (Lipinski definition) is 0. The number of pyridine rings is 1. The second kappa shape index (κ2) is 4.86. The fraction of sp³-hybridized carbons (Fsp3) is 0.333. The van der Waals surface area contributed by atoms with Crippen molar-refractivity contribution in [3.05, 3.63) is 41.7 Å². The molecule has 88 valence electrons. The van der Waals surface area contributed by atoms with Crippen molar-refractivity contribution in [2.45, 2.75) is 19.8 Å². The molecule has 0 saturated heterocycles. The van der Waals surface area contributed by atoms with Crippen molar-refractivity contribution >= 4 is 5.78 Å². The Morgan fingerprint density at radius 3 is 2.94 bits per heavy atom. The van der Waals surface area contributed by atoms with Gasteiger partial charge in [-0.1, -0.05) is 6.92 Å². The van der Waals surface area contributed by atoms with Gasteiger partial charge in [-0.05, 0) is 18.1 Å². The zero-order valence-electron chi connectivity index (χ0n) is 9.92. The molecular weight excluding hydrogens is 216 g/mol. The Labute approximate surface area is 99.5 Å². The molecule has 2 heterocycles. The molecule has 0 aliphatic heterocycles. The molecule has 2 aromatic heterocycles. The largest absolute Gasteiger partial charge is 0.294 e. The van der Waals surface area contributed by atoms with Crippen LogP contribution in [0.5, 0.6) is 0 Å². The predicted molar refractivity (Wildman–Crippen MR) is 62.7 cm³/mol. The summed E-state index contributed by atoms with van der Waals surface area (Å²) in [6.07, 6.45) is 5.91. The number of Topliss-reactive ketones (excluding diaryl/α,β-unsaturated/α-hetero) is 1. The molecule has 17 heavy (non-hydrogen) atoms. The van der Waals surface area contributed by atoms with E-state index in [9.17, 15) is 4.79 Å². The lowest BCUT2D eigenvalue weighted by Crippen LogP contribution is -2.11. The van der Waals surface area contributed by atoms with Crippen molar-refractivity contribution in [3.63, 3.8) is 0 Å². The van der Waals surface area contributed by atoms with E-state index in [2.05, 4.69) is 15.1 Å². The average molecular weight is 230 g/mol. The van der Waals surface area contributed by atoms with Crippen molar-refractivity contribution in [2.75, 3.05) is 0 Å². The van der Waals surface area contributed by atoms with Crippen LogP contribution in [-0.2, 0) is 19.9 Å². The van der Waals surface area contributed by atoms with Gasteiger partial charge in [0.25, 0.3) is 0 Å². The second-order valence-electron chi connectivity index (χ2n) is 3.79. The summed E-state index contributed by atoms with van der Waals surface area (Å²) in [7, 11) is 1.78. The zero-order valence-corrected chi connectivity index (χ0v) is 9.92. The number of carbonyl (C=O) groups is 1. The van der Waals surface area contributed by atoms with Crippen LogP contribution in [0, 0.1) is 0 Å². The maximum absolute atomic E-state index is 12.1. The van der Waals surface area contributed by atoms with Crippen molar-refractivity contribution in [3.8, 4) is 0 Å². The smallest absolute Gasteiger partial charge is 0.170 e. The van der Waals surface area contributed by atoms with Crippen molar-refractivity contribution in [1.29, 1.82) is 0 Å². The molecule has 5 heteroatoms. The van der Waals surface area contributed by atoms with Crippen molar-refractivity contribution in [2.24, 2.45) is 7.05 Å². The fourth-order valence-corrected chi connectivity index (χ4v) is 1.70. The Morgan fingerprint density at radius 1 is 1.47 bits per heavy atom. The van der Waals surface area contributed by atoms with Gasteiger partial charge < -0.3 is 0 Å². The highest BCUT2D eigenvalue weighted by atomic mass is 16.1. The third-order valence-corrected chi connectivity index (χ3v) is 2.71. The first-order chi connectivity index (χ1) is 8.22. The number of aryl methyl sites for hydroxylation is 2. The summed E-state index contributed by atoms with van der Waals surface area (Å²) in [4.78, 5) is 20.2. The highest BCUT2D eigenvalue weighted by Gasteiger charge is 2.13. The summed E-state index contributed by atoms with van der Waals surface area (Å²) >= 11 is 0. The molecule has 5 nitrogen and oxygen atoms in total. The standard InChI is InChI=1S/C12H14N4O/c1-3-9-7-13-5-4-10(9)11(17)6-12-14-8-15-16(12)2/h4-5,7-8H,3,6H2,1-2H3. The highest BCUT2D eigenvalue weighted by Crippen LogP contribution is 2.11. The molecule has 0 atom stereocenters. The minimum absolute atomic E-state index is 0.0559. The molecule has 0 aliphatic rings. The normalized spacial score (nSPS) is 10.5. The molecule has 0 N–H and O–H groups in total. The Balaban J connectivity index is 2.23. The number of hydrogen-bond acceptors (Lipinski definition) is 4. The number of nitrogens with zero attached hydrogens (tertiary/aromatic N) is 4. The van der Waals surface area contributed by atoms with Crippen molar-refractivity contribution < 1.29 is 4.79 Å². The molecule has 0 aromatic carbocycles. The van der Waals surface area contributed by atoms with Crippen LogP contribution < -0.4 is 0 Å². The lowest BCUT2D eigenvalue weighted by molar-refractivity contribution is 0.0988. The Kier molecular flexibility index (Phi) is 3.27. The molecular formula is C12H14N4O. The van der Waals surface area contributed by atoms with E-state index in [1.165, 1.54) is 6.33 Å². The van der Waals surface area contributed by atoms with E-state index in [0.29, 0.717) is 5.82 Å². The van der Waals surface area contributed by atoms with Gasteiger partial charge in [0.05, 0.1) is 6.42 Å². The predicted octanol–water partition coefficient (Wildman–Crippen LogP) is 1.20. The third-order valence-electron chi connectivity index (χ3n) is 2.71. The third kappa shape index (κ3) is 2.38. The van der Waals surface area contributed by atoms with E-state index in [4.69, 9.17) is 0 Å². The summed E-state index contributed by atoms with van der Waals surface area (Å²) in [6, 6.07) is 1.76. The van der Waals surface area contributed by atoms with Gasteiger partial charge in [0, 0.05) is 25.0 Å². The quantitative estimate of drug-likeness (QED) is 0.740. The molecule has 0 bridgehead atoms. The molecule has 0 aliphatic carbocycles. The molecule has 0 amide bonds. The monoisotopic (exact) mass is 230 g/mol. The maximum Gasteiger partial charge on any atom is 0.170 e. The van der Waals surface area contributed by atoms with Gasteiger partial charge in [0.15, 0.2) is 5.78 Å². The first-order valence-electron chi connectivity index (χ1n) is 5.51. The second-order valence-corrected chi connectivity index (χ2v) is 3.79. The first-order valence-corrected chi connectivity index (χ1v) is 5.51. The summed E-state index contributed by atoms with van der Waals surface area (Å²) < 4.78 is 1.62. The Hall–Kier alpha value is -2.04. The van der Waals surface area contributed by atoms with E-state index in [0.717, 1.165) is 17.5 Å². The number of carbonyl (C=O) groups excluding carboxylic acids is 1. The van der Waals surface area contributed by atoms with Gasteiger partial charge in [-0.15, -0.1) is 0 Å². The SMILES string of the molecule is CCc1cnccc1C(=O)Cc1ncnn1C. The summed E-state index contributed by atoms with van der Waals surface area (Å²) in [6.45, 7) is 2.01. The molecule has 0 saturated carbocycles. The Bertz CT molecular complexity index is 533. The molecule has 0 radical (unpaired) electrons. The minimum Gasteiger partial charge on any atom is -0.294 e.